The molecule has 0 aliphatic carbocycles. The molecule has 0 unspecified atom stereocenters. The SMILES string of the molecule is CC(C)(C)OC(=O)C[C@H](N)c1cc(Cl)cc(Cl)c1. The van der Waals surface area contributed by atoms with Crippen molar-refractivity contribution in [3.63, 3.8) is 0 Å². The Hall–Kier alpha value is -0.770. The van der Waals surface area contributed by atoms with Crippen LogP contribution in [0.3, 0.4) is 0 Å². The summed E-state index contributed by atoms with van der Waals surface area (Å²) in [4.78, 5) is 11.6. The van der Waals surface area contributed by atoms with Crippen molar-refractivity contribution in [1.29, 1.82) is 0 Å². The zero-order valence-corrected chi connectivity index (χ0v) is 12.2. The van der Waals surface area contributed by atoms with Crippen LogP contribution in [0.25, 0.3) is 0 Å². The number of hydrogen-bond acceptors (Lipinski definition) is 3. The van der Waals surface area contributed by atoms with E-state index in [1.807, 2.05) is 20.8 Å². The molecule has 100 valence electrons. The summed E-state index contributed by atoms with van der Waals surface area (Å²) >= 11 is 11.8. The van der Waals surface area contributed by atoms with E-state index in [1.54, 1.807) is 18.2 Å². The Kier molecular flexibility index (Phi) is 5.02. The Morgan fingerprint density at radius 1 is 1.28 bits per heavy atom. The van der Waals surface area contributed by atoms with E-state index in [1.165, 1.54) is 0 Å². The Labute approximate surface area is 117 Å². The van der Waals surface area contributed by atoms with E-state index in [0.29, 0.717) is 10.0 Å². The first-order valence-corrected chi connectivity index (χ1v) is 6.36. The number of carbonyl (C=O) groups is 1. The quantitative estimate of drug-likeness (QED) is 0.863. The van der Waals surface area contributed by atoms with Gasteiger partial charge in [0.2, 0.25) is 0 Å². The predicted molar refractivity (Wildman–Crippen MR) is 73.9 cm³/mol. The number of ether oxygens (including phenoxy) is 1. The van der Waals surface area contributed by atoms with Crippen LogP contribution in [-0.2, 0) is 9.53 Å². The first kappa shape index (κ1) is 15.3. The molecule has 0 saturated heterocycles. The molecule has 0 aliphatic heterocycles. The predicted octanol–water partition coefficient (Wildman–Crippen LogP) is 3.73. The van der Waals surface area contributed by atoms with E-state index in [-0.39, 0.29) is 12.4 Å². The van der Waals surface area contributed by atoms with Crippen molar-refractivity contribution in [2.24, 2.45) is 5.73 Å². The Bertz CT molecular complexity index is 421. The van der Waals surface area contributed by atoms with Crippen molar-refractivity contribution in [2.75, 3.05) is 0 Å². The van der Waals surface area contributed by atoms with Gasteiger partial charge in [-0.15, -0.1) is 0 Å². The van der Waals surface area contributed by atoms with Crippen LogP contribution < -0.4 is 5.73 Å². The van der Waals surface area contributed by atoms with E-state index in [0.717, 1.165) is 5.56 Å². The molecule has 18 heavy (non-hydrogen) atoms. The second kappa shape index (κ2) is 5.91. The third kappa shape index (κ3) is 5.25. The van der Waals surface area contributed by atoms with Crippen LogP contribution in [0.15, 0.2) is 18.2 Å². The van der Waals surface area contributed by atoms with E-state index in [4.69, 9.17) is 33.7 Å². The van der Waals surface area contributed by atoms with E-state index >= 15 is 0 Å². The molecule has 1 aromatic carbocycles. The zero-order chi connectivity index (χ0) is 13.9. The minimum Gasteiger partial charge on any atom is -0.460 e. The summed E-state index contributed by atoms with van der Waals surface area (Å²) in [6.45, 7) is 5.44. The van der Waals surface area contributed by atoms with Gasteiger partial charge >= 0.3 is 5.97 Å². The molecule has 1 rings (SSSR count). The minimum absolute atomic E-state index is 0.0912. The third-order valence-corrected chi connectivity index (χ3v) is 2.56. The lowest BCUT2D eigenvalue weighted by molar-refractivity contribution is -0.155. The van der Waals surface area contributed by atoms with Crippen molar-refractivity contribution in [3.05, 3.63) is 33.8 Å². The van der Waals surface area contributed by atoms with Crippen LogP contribution in [0.2, 0.25) is 10.0 Å². The average molecular weight is 290 g/mol. The highest BCUT2D eigenvalue weighted by molar-refractivity contribution is 6.34. The Morgan fingerprint density at radius 2 is 1.78 bits per heavy atom. The standard InChI is InChI=1S/C13H17Cl2NO2/c1-13(2,3)18-12(17)7-11(16)8-4-9(14)6-10(15)5-8/h4-6,11H,7,16H2,1-3H3/t11-/m0/s1. The van der Waals surface area contributed by atoms with Gasteiger partial charge in [-0.25, -0.2) is 0 Å². The van der Waals surface area contributed by atoms with Gasteiger partial charge in [-0.1, -0.05) is 23.2 Å². The van der Waals surface area contributed by atoms with Crippen LogP contribution in [0.5, 0.6) is 0 Å². The summed E-state index contributed by atoms with van der Waals surface area (Å²) in [6.07, 6.45) is 0.0912. The number of rotatable bonds is 3. The number of carbonyl (C=O) groups excluding carboxylic acids is 1. The van der Waals surface area contributed by atoms with Crippen molar-refractivity contribution >= 4 is 29.2 Å². The zero-order valence-electron chi connectivity index (χ0n) is 10.7. The Morgan fingerprint density at radius 3 is 2.22 bits per heavy atom. The van der Waals surface area contributed by atoms with Gasteiger partial charge in [0, 0.05) is 16.1 Å². The molecular formula is C13H17Cl2NO2. The second-order valence-corrected chi connectivity index (χ2v) is 5.97. The van der Waals surface area contributed by atoms with Gasteiger partial charge in [-0.3, -0.25) is 4.79 Å². The number of benzene rings is 1. The van der Waals surface area contributed by atoms with E-state index in [2.05, 4.69) is 0 Å². The van der Waals surface area contributed by atoms with Gasteiger partial charge in [-0.2, -0.15) is 0 Å². The highest BCUT2D eigenvalue weighted by Crippen LogP contribution is 2.24. The van der Waals surface area contributed by atoms with Gasteiger partial charge in [0.15, 0.2) is 0 Å². The number of esters is 1. The normalized spacial score (nSPS) is 13.2. The van der Waals surface area contributed by atoms with Crippen LogP contribution in [0.1, 0.15) is 38.8 Å². The molecule has 0 aliphatic rings. The summed E-state index contributed by atoms with van der Waals surface area (Å²) < 4.78 is 5.21. The highest BCUT2D eigenvalue weighted by atomic mass is 35.5. The Balaban J connectivity index is 2.70. The molecule has 3 nitrogen and oxygen atoms in total. The first-order chi connectivity index (χ1) is 8.17. The van der Waals surface area contributed by atoms with Crippen LogP contribution >= 0.6 is 23.2 Å². The minimum atomic E-state index is -0.511. The lowest BCUT2D eigenvalue weighted by Crippen LogP contribution is -2.26. The fourth-order valence-corrected chi connectivity index (χ4v) is 2.01. The maximum Gasteiger partial charge on any atom is 0.308 e. The summed E-state index contributed by atoms with van der Waals surface area (Å²) in [7, 11) is 0. The molecule has 0 bridgehead atoms. The summed E-state index contributed by atoms with van der Waals surface area (Å²) in [5.74, 6) is -0.342. The lowest BCUT2D eigenvalue weighted by atomic mass is 10.0. The molecule has 0 spiro atoms. The fourth-order valence-electron chi connectivity index (χ4n) is 1.47. The topological polar surface area (TPSA) is 52.3 Å². The second-order valence-electron chi connectivity index (χ2n) is 5.10. The largest absolute Gasteiger partial charge is 0.460 e. The molecule has 0 aromatic heterocycles. The summed E-state index contributed by atoms with van der Waals surface area (Å²) in [5, 5.41) is 0.995. The van der Waals surface area contributed by atoms with Crippen LogP contribution in [-0.4, -0.2) is 11.6 Å². The first-order valence-electron chi connectivity index (χ1n) is 5.61. The van der Waals surface area contributed by atoms with Crippen molar-refractivity contribution in [3.8, 4) is 0 Å². The van der Waals surface area contributed by atoms with Crippen LogP contribution in [0.4, 0.5) is 0 Å². The fraction of sp³-hybridized carbons (Fsp3) is 0.462. The number of hydrogen-bond donors (Lipinski definition) is 1. The monoisotopic (exact) mass is 289 g/mol. The highest BCUT2D eigenvalue weighted by Gasteiger charge is 2.19. The number of nitrogens with two attached hydrogens (primary N) is 1. The maximum atomic E-state index is 11.6. The van der Waals surface area contributed by atoms with E-state index < -0.39 is 11.6 Å². The average Bonchev–Trinajstić information content (AvgIpc) is 2.12. The van der Waals surface area contributed by atoms with E-state index in [9.17, 15) is 4.79 Å². The molecule has 2 N–H and O–H groups in total. The molecule has 0 fully saturated rings. The molecule has 5 heteroatoms. The number of halogens is 2. The molecule has 1 aromatic rings. The van der Waals surface area contributed by atoms with Gasteiger partial charge < -0.3 is 10.5 Å². The van der Waals surface area contributed by atoms with Gasteiger partial charge in [0.25, 0.3) is 0 Å². The molecule has 1 atom stereocenters. The van der Waals surface area contributed by atoms with Gasteiger partial charge in [0.05, 0.1) is 6.42 Å². The van der Waals surface area contributed by atoms with Crippen molar-refractivity contribution < 1.29 is 9.53 Å². The van der Waals surface area contributed by atoms with Gasteiger partial charge in [-0.05, 0) is 44.5 Å². The summed E-state index contributed by atoms with van der Waals surface area (Å²) in [5.41, 5.74) is 6.14. The smallest absolute Gasteiger partial charge is 0.308 e. The van der Waals surface area contributed by atoms with Gasteiger partial charge in [0.1, 0.15) is 5.60 Å². The summed E-state index contributed by atoms with van der Waals surface area (Å²) in [6, 6.07) is 4.54. The van der Waals surface area contributed by atoms with Crippen molar-refractivity contribution in [2.45, 2.75) is 38.8 Å². The molecule has 0 heterocycles. The molecule has 0 saturated carbocycles. The van der Waals surface area contributed by atoms with Crippen LogP contribution in [0, 0.1) is 0 Å². The lowest BCUT2D eigenvalue weighted by Gasteiger charge is -2.21. The molecule has 0 radical (unpaired) electrons. The third-order valence-electron chi connectivity index (χ3n) is 2.12. The molecular weight excluding hydrogens is 273 g/mol. The van der Waals surface area contributed by atoms with Crippen molar-refractivity contribution in [1.82, 2.24) is 0 Å². The molecule has 0 amide bonds. The maximum absolute atomic E-state index is 11.6.